The Bertz CT molecular complexity index is 1090. The zero-order valence-corrected chi connectivity index (χ0v) is 40.5. The topological polar surface area (TPSA) is 178 Å². The Balaban J connectivity index is 2.33. The van der Waals surface area contributed by atoms with Crippen molar-refractivity contribution in [2.75, 3.05) is 26.4 Å². The zero-order valence-electron chi connectivity index (χ0n) is 39.7. The summed E-state index contributed by atoms with van der Waals surface area (Å²) in [4.78, 5) is 12.9. The molecule has 0 radical (unpaired) electrons. The highest BCUT2D eigenvalue weighted by Gasteiger charge is 2.48. The minimum atomic E-state index is -5.06. The van der Waals surface area contributed by atoms with Crippen molar-refractivity contribution < 1.29 is 56.2 Å². The lowest BCUT2D eigenvalue weighted by Gasteiger charge is -2.41. The van der Waals surface area contributed by atoms with E-state index in [9.17, 15) is 33.1 Å². The SMILES string of the molecule is CCCCCCCCCCCCCCCCCCCCCCC(=O)OC(COCCCCCCCCCCCCCCCCC)COC1OC(CO)C(O)C(OS(=O)(=O)O)C1O. The van der Waals surface area contributed by atoms with E-state index in [-0.39, 0.29) is 19.6 Å². The van der Waals surface area contributed by atoms with Gasteiger partial charge in [-0.2, -0.15) is 8.42 Å². The molecule has 62 heavy (non-hydrogen) atoms. The molecule has 1 aliphatic heterocycles. The number of hydrogen-bond acceptors (Lipinski definition) is 11. The molecule has 370 valence electrons. The maximum absolute atomic E-state index is 12.9. The van der Waals surface area contributed by atoms with Gasteiger partial charge in [-0.05, 0) is 12.8 Å². The molecule has 13 heteroatoms. The van der Waals surface area contributed by atoms with Crippen LogP contribution in [0.2, 0.25) is 0 Å². The molecule has 0 saturated carbocycles. The minimum Gasteiger partial charge on any atom is -0.457 e. The van der Waals surface area contributed by atoms with E-state index in [1.165, 1.54) is 180 Å². The van der Waals surface area contributed by atoms with Crippen molar-refractivity contribution in [3.05, 3.63) is 0 Å². The molecular formula is C49H96O12S. The molecule has 0 bridgehead atoms. The lowest BCUT2D eigenvalue weighted by molar-refractivity contribution is -0.301. The second-order valence-corrected chi connectivity index (χ2v) is 19.2. The number of aliphatic hydroxyl groups excluding tert-OH is 3. The summed E-state index contributed by atoms with van der Waals surface area (Å²) in [6, 6.07) is 0. The van der Waals surface area contributed by atoms with E-state index in [2.05, 4.69) is 18.0 Å². The molecule has 1 saturated heterocycles. The van der Waals surface area contributed by atoms with Crippen LogP contribution in [0.25, 0.3) is 0 Å². The number of ether oxygens (including phenoxy) is 4. The zero-order chi connectivity index (χ0) is 45.4. The average molecular weight is 909 g/mol. The summed E-state index contributed by atoms with van der Waals surface area (Å²) >= 11 is 0. The summed E-state index contributed by atoms with van der Waals surface area (Å²) in [6.07, 6.45) is 35.6. The van der Waals surface area contributed by atoms with Crippen molar-refractivity contribution in [3.63, 3.8) is 0 Å². The van der Waals surface area contributed by atoms with Crippen LogP contribution in [0.1, 0.15) is 245 Å². The summed E-state index contributed by atoms with van der Waals surface area (Å²) in [5.74, 6) is -0.391. The fourth-order valence-corrected chi connectivity index (χ4v) is 8.83. The van der Waals surface area contributed by atoms with Gasteiger partial charge >= 0.3 is 16.4 Å². The molecule has 12 nitrogen and oxygen atoms in total. The fourth-order valence-electron chi connectivity index (χ4n) is 8.32. The summed E-state index contributed by atoms with van der Waals surface area (Å²) in [5, 5.41) is 30.7. The molecule has 0 aromatic carbocycles. The van der Waals surface area contributed by atoms with Gasteiger partial charge in [-0.25, -0.2) is 4.18 Å². The first-order valence-electron chi connectivity index (χ1n) is 25.8. The van der Waals surface area contributed by atoms with Gasteiger partial charge in [0.15, 0.2) is 6.29 Å². The van der Waals surface area contributed by atoms with Gasteiger partial charge in [-0.3, -0.25) is 9.35 Å². The molecule has 1 fully saturated rings. The summed E-state index contributed by atoms with van der Waals surface area (Å²) in [5.41, 5.74) is 0. The summed E-state index contributed by atoms with van der Waals surface area (Å²) in [7, 11) is -5.06. The number of hydrogen-bond donors (Lipinski definition) is 4. The Morgan fingerprint density at radius 2 is 0.919 bits per heavy atom. The van der Waals surface area contributed by atoms with E-state index >= 15 is 0 Å². The minimum absolute atomic E-state index is 0.0451. The van der Waals surface area contributed by atoms with E-state index in [0.717, 1.165) is 38.5 Å². The Morgan fingerprint density at radius 3 is 1.29 bits per heavy atom. The molecule has 0 aromatic heterocycles. The molecule has 1 heterocycles. The van der Waals surface area contributed by atoms with Gasteiger partial charge in [0.05, 0.1) is 19.8 Å². The summed E-state index contributed by atoms with van der Waals surface area (Å²) < 4.78 is 59.2. The first-order chi connectivity index (χ1) is 30.1. The van der Waals surface area contributed by atoms with Gasteiger partial charge in [0.1, 0.15) is 30.5 Å². The van der Waals surface area contributed by atoms with E-state index in [4.69, 9.17) is 18.9 Å². The van der Waals surface area contributed by atoms with Crippen LogP contribution in [0.3, 0.4) is 0 Å². The third-order valence-corrected chi connectivity index (χ3v) is 12.7. The lowest BCUT2D eigenvalue weighted by Crippen LogP contribution is -2.60. The van der Waals surface area contributed by atoms with Crippen LogP contribution in [0.4, 0.5) is 0 Å². The van der Waals surface area contributed by atoms with Crippen molar-refractivity contribution in [2.24, 2.45) is 0 Å². The maximum atomic E-state index is 12.9. The highest BCUT2D eigenvalue weighted by molar-refractivity contribution is 7.80. The van der Waals surface area contributed by atoms with Crippen molar-refractivity contribution in [3.8, 4) is 0 Å². The highest BCUT2D eigenvalue weighted by Crippen LogP contribution is 2.26. The molecular weight excluding hydrogens is 813 g/mol. The van der Waals surface area contributed by atoms with Gasteiger partial charge in [-0.1, -0.05) is 226 Å². The predicted octanol–water partition coefficient (Wildman–Crippen LogP) is 11.6. The molecule has 0 aliphatic carbocycles. The first-order valence-corrected chi connectivity index (χ1v) is 27.2. The van der Waals surface area contributed by atoms with Gasteiger partial charge < -0.3 is 34.3 Å². The Hall–Kier alpha value is -0.900. The van der Waals surface area contributed by atoms with Crippen molar-refractivity contribution >= 4 is 16.4 Å². The van der Waals surface area contributed by atoms with Gasteiger partial charge in [0.25, 0.3) is 0 Å². The number of rotatable bonds is 46. The predicted molar refractivity (Wildman–Crippen MR) is 248 cm³/mol. The Labute approximate surface area is 379 Å². The molecule has 6 atom stereocenters. The highest BCUT2D eigenvalue weighted by atomic mass is 32.3. The van der Waals surface area contributed by atoms with Crippen molar-refractivity contribution in [1.29, 1.82) is 0 Å². The number of carbonyl (C=O) groups excluding carboxylic acids is 1. The van der Waals surface area contributed by atoms with Crippen LogP contribution >= 0.6 is 0 Å². The van der Waals surface area contributed by atoms with E-state index in [0.29, 0.717) is 13.0 Å². The maximum Gasteiger partial charge on any atom is 0.397 e. The van der Waals surface area contributed by atoms with Crippen LogP contribution < -0.4 is 0 Å². The van der Waals surface area contributed by atoms with E-state index in [1.54, 1.807) is 0 Å². The smallest absolute Gasteiger partial charge is 0.397 e. The van der Waals surface area contributed by atoms with E-state index in [1.807, 2.05) is 0 Å². The number of esters is 1. The molecule has 1 rings (SSSR count). The van der Waals surface area contributed by atoms with Gasteiger partial charge in [-0.15, -0.1) is 0 Å². The van der Waals surface area contributed by atoms with Crippen molar-refractivity contribution in [1.82, 2.24) is 0 Å². The van der Waals surface area contributed by atoms with Crippen LogP contribution in [-0.4, -0.2) is 97.5 Å². The largest absolute Gasteiger partial charge is 0.457 e. The number of carbonyl (C=O) groups is 1. The average Bonchev–Trinajstić information content (AvgIpc) is 3.24. The second-order valence-electron chi connectivity index (χ2n) is 18.1. The molecule has 4 N–H and O–H groups in total. The van der Waals surface area contributed by atoms with Crippen LogP contribution in [0.5, 0.6) is 0 Å². The van der Waals surface area contributed by atoms with Crippen LogP contribution in [0, 0.1) is 0 Å². The van der Waals surface area contributed by atoms with Crippen LogP contribution in [-0.2, 0) is 38.3 Å². The molecule has 0 aromatic rings. The third kappa shape index (κ3) is 34.4. The Morgan fingerprint density at radius 1 is 0.548 bits per heavy atom. The molecule has 0 spiro atoms. The van der Waals surface area contributed by atoms with E-state index < -0.39 is 59.8 Å². The monoisotopic (exact) mass is 909 g/mol. The van der Waals surface area contributed by atoms with Crippen molar-refractivity contribution in [2.45, 2.75) is 282 Å². The number of unbranched alkanes of at least 4 members (excludes halogenated alkanes) is 33. The standard InChI is InChI=1S/C49H96O12S/c1-3-5-7-9-11-13-15-17-19-20-21-22-23-24-26-28-30-32-34-36-38-45(51)59-43(42-58-49-47(53)48(61-62(54,55)56)46(52)44(40-50)60-49)41-57-39-37-35-33-31-29-27-25-18-16-14-12-10-8-6-4-2/h43-44,46-50,52-53H,3-42H2,1-2H3,(H,54,55,56). The fraction of sp³-hybridized carbons (Fsp3) is 0.980. The Kier molecular flexibility index (Phi) is 39.6. The second kappa shape index (κ2) is 41.5. The lowest BCUT2D eigenvalue weighted by atomic mass is 9.99. The van der Waals surface area contributed by atoms with Gasteiger partial charge in [0.2, 0.25) is 0 Å². The van der Waals surface area contributed by atoms with Gasteiger partial charge in [0, 0.05) is 13.0 Å². The van der Waals surface area contributed by atoms with Crippen LogP contribution in [0.15, 0.2) is 0 Å². The third-order valence-electron chi connectivity index (χ3n) is 12.2. The first kappa shape index (κ1) is 59.1. The quantitative estimate of drug-likeness (QED) is 0.0258. The normalized spacial score (nSPS) is 19.9. The summed E-state index contributed by atoms with van der Waals surface area (Å²) in [6.45, 7) is 4.05. The molecule has 0 amide bonds. The molecule has 1 aliphatic rings. The molecule has 6 unspecified atom stereocenters. The number of aliphatic hydroxyl groups is 3.